The van der Waals surface area contributed by atoms with Gasteiger partial charge in [0.1, 0.15) is 13.2 Å². The summed E-state index contributed by atoms with van der Waals surface area (Å²) in [7, 11) is 0. The van der Waals surface area contributed by atoms with Gasteiger partial charge in [-0.3, -0.25) is 14.4 Å². The fourth-order valence-electron chi connectivity index (χ4n) is 8.10. The highest BCUT2D eigenvalue weighted by Gasteiger charge is 2.19. The molecule has 1 atom stereocenters. The van der Waals surface area contributed by atoms with E-state index in [2.05, 4.69) is 203 Å². The quantitative estimate of drug-likeness (QED) is 0.0261. The molecule has 0 aliphatic heterocycles. The van der Waals surface area contributed by atoms with Gasteiger partial charge in [-0.1, -0.05) is 254 Å². The summed E-state index contributed by atoms with van der Waals surface area (Å²) in [4.78, 5) is 38.4. The number of hydrogen-bond acceptors (Lipinski definition) is 6. The molecule has 0 rings (SSSR count). The van der Waals surface area contributed by atoms with Crippen LogP contribution in [-0.4, -0.2) is 37.2 Å². The van der Waals surface area contributed by atoms with Gasteiger partial charge in [-0.2, -0.15) is 0 Å². The minimum Gasteiger partial charge on any atom is -0.462 e. The van der Waals surface area contributed by atoms with Crippen molar-refractivity contribution in [2.45, 2.75) is 258 Å². The molecule has 0 fully saturated rings. The predicted octanol–water partition coefficient (Wildman–Crippen LogP) is 22.4. The third-order valence-electron chi connectivity index (χ3n) is 12.9. The van der Waals surface area contributed by atoms with Gasteiger partial charge >= 0.3 is 17.9 Å². The maximum atomic E-state index is 12.9. The van der Waals surface area contributed by atoms with E-state index in [1.807, 2.05) is 0 Å². The van der Waals surface area contributed by atoms with Crippen molar-refractivity contribution in [3.8, 4) is 0 Å². The lowest BCUT2D eigenvalue weighted by Gasteiger charge is -2.18. The van der Waals surface area contributed by atoms with Crippen LogP contribution in [0.25, 0.3) is 0 Å². The van der Waals surface area contributed by atoms with Crippen LogP contribution in [0.4, 0.5) is 0 Å². The fraction of sp³-hybridized carbons (Fsp3) is 0.560. The van der Waals surface area contributed by atoms with Crippen LogP contribution in [0.1, 0.15) is 252 Å². The Morgan fingerprint density at radius 1 is 0.259 bits per heavy atom. The van der Waals surface area contributed by atoms with E-state index in [0.29, 0.717) is 19.3 Å². The first-order valence-corrected chi connectivity index (χ1v) is 32.3. The van der Waals surface area contributed by atoms with Crippen LogP contribution >= 0.6 is 0 Å². The molecule has 0 aliphatic rings. The number of esters is 3. The monoisotopic (exact) mass is 1110 g/mol. The second-order valence-corrected chi connectivity index (χ2v) is 20.5. The Morgan fingerprint density at radius 3 is 0.778 bits per heavy atom. The zero-order valence-corrected chi connectivity index (χ0v) is 51.7. The molecule has 0 saturated heterocycles. The Bertz CT molecular complexity index is 1900. The van der Waals surface area contributed by atoms with Crippen LogP contribution in [0.15, 0.2) is 182 Å². The number of carbonyl (C=O) groups is 3. The summed E-state index contributed by atoms with van der Waals surface area (Å²) in [6, 6.07) is 0. The lowest BCUT2D eigenvalue weighted by Crippen LogP contribution is -2.30. The van der Waals surface area contributed by atoms with E-state index in [0.717, 1.165) is 167 Å². The Morgan fingerprint density at radius 2 is 0.481 bits per heavy atom. The molecule has 81 heavy (non-hydrogen) atoms. The zero-order chi connectivity index (χ0) is 58.5. The van der Waals surface area contributed by atoms with Crippen molar-refractivity contribution >= 4 is 17.9 Å². The van der Waals surface area contributed by atoms with E-state index in [1.165, 1.54) is 38.5 Å². The molecule has 1 unspecified atom stereocenters. The van der Waals surface area contributed by atoms with Crippen molar-refractivity contribution < 1.29 is 28.6 Å². The second kappa shape index (κ2) is 67.0. The Kier molecular flexibility index (Phi) is 62.5. The first kappa shape index (κ1) is 75.5. The molecule has 0 aromatic carbocycles. The summed E-state index contributed by atoms with van der Waals surface area (Å²) in [5.41, 5.74) is 0. The number of allylic oxidation sites excluding steroid dienone is 30. The first-order valence-electron chi connectivity index (χ1n) is 32.3. The average molecular weight is 1110 g/mol. The van der Waals surface area contributed by atoms with Crippen LogP contribution in [-0.2, 0) is 28.6 Å². The van der Waals surface area contributed by atoms with Gasteiger partial charge in [0.05, 0.1) is 0 Å². The van der Waals surface area contributed by atoms with Gasteiger partial charge < -0.3 is 14.2 Å². The molecule has 0 aromatic rings. The minimum absolute atomic E-state index is 0.121. The standard InChI is InChI=1S/C75H116O6/c1-4-7-10-13-16-19-22-25-28-31-34-36-37-39-41-44-47-50-53-56-59-62-65-68-74(77)80-71-72(70-79-73(76)67-64-61-58-55-52-49-46-43-40-33-30-27-24-21-18-15-12-9-6-3)81-75(78)69-66-63-60-57-54-51-48-45-42-38-35-32-29-26-23-20-17-14-11-8-5-2/h7-8,10-11,16-21,25-30,34-36,38-41,43,45,47-48,50,54,57,72H,4-6,9,12-15,22-24,31-33,37,42,44,46,49,51-53,55-56,58-71H2,1-3H3/b10-7-,11-8-,19-16-,20-17-,21-18-,28-25-,29-26-,30-27-,36-34-,38-35-,41-39-,43-40-,48-45-,50-47-,57-54-. The molecule has 6 nitrogen and oxygen atoms in total. The van der Waals surface area contributed by atoms with Gasteiger partial charge in [0.2, 0.25) is 0 Å². The van der Waals surface area contributed by atoms with Crippen molar-refractivity contribution in [1.29, 1.82) is 0 Å². The molecule has 0 saturated carbocycles. The number of unbranched alkanes of at least 4 members (excludes halogenated alkanes) is 15. The average Bonchev–Trinajstić information content (AvgIpc) is 3.47. The lowest BCUT2D eigenvalue weighted by molar-refractivity contribution is -0.167. The minimum atomic E-state index is -0.831. The van der Waals surface area contributed by atoms with Crippen LogP contribution in [0, 0.1) is 0 Å². The Hall–Kier alpha value is -5.49. The number of rotatable bonds is 56. The topological polar surface area (TPSA) is 78.9 Å². The zero-order valence-electron chi connectivity index (χ0n) is 51.7. The number of carbonyl (C=O) groups excluding carboxylic acids is 3. The summed E-state index contributed by atoms with van der Waals surface area (Å²) in [6.07, 6.45) is 100. The van der Waals surface area contributed by atoms with Gasteiger partial charge in [0, 0.05) is 19.3 Å². The molecular formula is C75H116O6. The smallest absolute Gasteiger partial charge is 0.306 e. The van der Waals surface area contributed by atoms with Gasteiger partial charge in [-0.05, 0) is 161 Å². The summed E-state index contributed by atoms with van der Waals surface area (Å²) < 4.78 is 16.9. The number of ether oxygens (including phenoxy) is 3. The Labute approximate surface area is 497 Å². The molecule has 0 heterocycles. The van der Waals surface area contributed by atoms with E-state index in [1.54, 1.807) is 0 Å². The lowest BCUT2D eigenvalue weighted by atomic mass is 10.1. The summed E-state index contributed by atoms with van der Waals surface area (Å²) in [6.45, 7) is 6.31. The largest absolute Gasteiger partial charge is 0.462 e. The van der Waals surface area contributed by atoms with Gasteiger partial charge in [-0.15, -0.1) is 0 Å². The van der Waals surface area contributed by atoms with Gasteiger partial charge in [0.15, 0.2) is 6.10 Å². The highest BCUT2D eigenvalue weighted by molar-refractivity contribution is 5.71. The van der Waals surface area contributed by atoms with E-state index in [-0.39, 0.29) is 37.5 Å². The van der Waals surface area contributed by atoms with Crippen molar-refractivity contribution in [3.63, 3.8) is 0 Å². The van der Waals surface area contributed by atoms with E-state index in [4.69, 9.17) is 14.2 Å². The maximum absolute atomic E-state index is 12.9. The molecule has 0 spiro atoms. The molecule has 0 aromatic heterocycles. The van der Waals surface area contributed by atoms with E-state index in [9.17, 15) is 14.4 Å². The van der Waals surface area contributed by atoms with Crippen LogP contribution in [0.5, 0.6) is 0 Å². The predicted molar refractivity (Wildman–Crippen MR) is 352 cm³/mol. The Balaban J connectivity index is 4.59. The molecule has 0 bridgehead atoms. The van der Waals surface area contributed by atoms with Crippen LogP contribution < -0.4 is 0 Å². The number of hydrogen-bond donors (Lipinski definition) is 0. The van der Waals surface area contributed by atoms with Gasteiger partial charge in [0.25, 0.3) is 0 Å². The molecule has 0 amide bonds. The summed E-state index contributed by atoms with van der Waals surface area (Å²) in [5, 5.41) is 0. The van der Waals surface area contributed by atoms with E-state index < -0.39 is 6.10 Å². The molecule has 6 heteroatoms. The summed E-state index contributed by atoms with van der Waals surface area (Å²) in [5.74, 6) is -1.01. The van der Waals surface area contributed by atoms with Gasteiger partial charge in [-0.25, -0.2) is 0 Å². The molecule has 0 radical (unpaired) electrons. The van der Waals surface area contributed by atoms with Crippen LogP contribution in [0.2, 0.25) is 0 Å². The van der Waals surface area contributed by atoms with Crippen molar-refractivity contribution in [1.82, 2.24) is 0 Å². The maximum Gasteiger partial charge on any atom is 0.306 e. The van der Waals surface area contributed by atoms with E-state index >= 15 is 0 Å². The molecule has 452 valence electrons. The highest BCUT2D eigenvalue weighted by Crippen LogP contribution is 2.13. The SMILES string of the molecule is CC/C=C\C/C=C\C/C=C\C/C=C\C/C=C\C/C=C\CCCCCCC(=O)OCC(COC(=O)CCCCCCCC/C=C\C/C=C\C/C=C\CCCCC)OC(=O)CCCC/C=C\C/C=C\C/C=C\C/C=C\C/C=C\C/C=C\CC. The fourth-order valence-corrected chi connectivity index (χ4v) is 8.10. The third-order valence-corrected chi connectivity index (χ3v) is 12.9. The van der Waals surface area contributed by atoms with Crippen molar-refractivity contribution in [2.75, 3.05) is 13.2 Å². The van der Waals surface area contributed by atoms with Crippen molar-refractivity contribution in [3.05, 3.63) is 182 Å². The second-order valence-electron chi connectivity index (χ2n) is 20.5. The summed E-state index contributed by atoms with van der Waals surface area (Å²) >= 11 is 0. The van der Waals surface area contributed by atoms with Crippen molar-refractivity contribution in [2.24, 2.45) is 0 Å². The first-order chi connectivity index (χ1) is 40.0. The molecule has 0 aliphatic carbocycles. The normalized spacial score (nSPS) is 13.4. The highest BCUT2D eigenvalue weighted by atomic mass is 16.6. The molecule has 0 N–H and O–H groups in total. The third kappa shape index (κ3) is 65.2. The molecular weight excluding hydrogens is 997 g/mol. The van der Waals surface area contributed by atoms with Crippen LogP contribution in [0.3, 0.4) is 0 Å².